The second-order valence-electron chi connectivity index (χ2n) is 11.9. The van der Waals surface area contributed by atoms with Crippen molar-refractivity contribution in [1.82, 2.24) is 5.32 Å². The van der Waals surface area contributed by atoms with E-state index in [1.807, 2.05) is 0 Å². The fourth-order valence-electron chi connectivity index (χ4n) is 5.11. The molecule has 0 saturated heterocycles. The second kappa shape index (κ2) is 24.0. The van der Waals surface area contributed by atoms with Gasteiger partial charge in [-0.3, -0.25) is 14.0 Å². The molecule has 3 N–H and O–H groups in total. The smallest absolute Gasteiger partial charge is 0.336 e. The van der Waals surface area contributed by atoms with Crippen molar-refractivity contribution in [3.63, 3.8) is 0 Å². The van der Waals surface area contributed by atoms with Crippen molar-refractivity contribution < 1.29 is 43.3 Å². The van der Waals surface area contributed by atoms with E-state index in [0.29, 0.717) is 43.0 Å². The number of hydrogen-bond donors (Lipinski definition) is 3. The van der Waals surface area contributed by atoms with Crippen LogP contribution in [0.15, 0.2) is 36.4 Å². The van der Waals surface area contributed by atoms with Gasteiger partial charge in [-0.05, 0) is 49.8 Å². The third-order valence-electron chi connectivity index (χ3n) is 8.04. The molecule has 46 heavy (non-hydrogen) atoms. The molecule has 3 atom stereocenters. The number of Topliss-reactive ketones (excluding diaryl/α,β-unsaturated/α-hetero) is 1. The zero-order valence-electron chi connectivity index (χ0n) is 28.1. The molecule has 1 rings (SSSR count). The number of amides is 1. The van der Waals surface area contributed by atoms with E-state index in [1.54, 1.807) is 30.3 Å². The number of aliphatic carboxylic acids is 1. The summed E-state index contributed by atoms with van der Waals surface area (Å²) in [6, 6.07) is 5.84. The van der Waals surface area contributed by atoms with Crippen molar-refractivity contribution in [3.8, 4) is 5.75 Å². The number of halogens is 1. The van der Waals surface area contributed by atoms with Gasteiger partial charge in [0.1, 0.15) is 17.6 Å². The Labute approximate surface area is 274 Å². The van der Waals surface area contributed by atoms with Crippen LogP contribution in [-0.4, -0.2) is 65.9 Å². The number of carboxylic acid groups (broad SMARTS) is 1. The molecular weight excluding hydrogens is 593 g/mol. The third kappa shape index (κ3) is 15.8. The zero-order valence-corrected chi connectivity index (χ0v) is 28.1. The predicted octanol–water partition coefficient (Wildman–Crippen LogP) is 6.68. The van der Waals surface area contributed by atoms with Gasteiger partial charge in [-0.1, -0.05) is 83.1 Å². The number of nitrogens with one attached hydrogen (secondary N) is 1. The van der Waals surface area contributed by atoms with Crippen molar-refractivity contribution in [2.75, 3.05) is 20.4 Å². The van der Waals surface area contributed by atoms with Gasteiger partial charge in [-0.2, -0.15) is 0 Å². The van der Waals surface area contributed by atoms with E-state index in [1.165, 1.54) is 32.4 Å². The summed E-state index contributed by atoms with van der Waals surface area (Å²) < 4.78 is 23.9. The lowest BCUT2D eigenvalue weighted by atomic mass is 9.83. The largest absolute Gasteiger partial charge is 0.494 e. The number of hydrogen-bond acceptors (Lipinski definition) is 7. The van der Waals surface area contributed by atoms with Crippen LogP contribution in [0.4, 0.5) is 4.39 Å². The number of ether oxygens (including phenoxy) is 2. The van der Waals surface area contributed by atoms with E-state index in [4.69, 9.17) is 9.47 Å². The van der Waals surface area contributed by atoms with Crippen LogP contribution in [-0.2, 0) is 30.3 Å². The number of carbonyl (C=O) groups is 4. The Morgan fingerprint density at radius 2 is 1.52 bits per heavy atom. The summed E-state index contributed by atoms with van der Waals surface area (Å²) >= 11 is 0. The maximum absolute atomic E-state index is 13.4. The molecule has 10 heteroatoms. The minimum atomic E-state index is -2.72. The molecule has 0 fully saturated rings. The van der Waals surface area contributed by atoms with Crippen LogP contribution in [0.2, 0.25) is 0 Å². The maximum Gasteiger partial charge on any atom is 0.336 e. The number of unbranched alkanes of at least 4 members (excludes halogenated alkanes) is 9. The first-order valence-corrected chi connectivity index (χ1v) is 16.9. The standard InChI is InChI=1S/C36H56FNO8/c1-4-6-8-11-14-17-29(39)18-15-12-9-10-13-16-19-31(36(44,24-25-37)35(42)43)33(40)38-32(34(41)45-3)27-28-20-22-30(23-21-28)46-26-7-5-2/h16,19-23,31-32,44H,4-15,17-18,24-27H2,1-3H3,(H,38,40)(H,42,43)/t31-,32+,36+/m1/s1. The van der Waals surface area contributed by atoms with E-state index < -0.39 is 48.5 Å². The molecule has 0 aliphatic carbocycles. The molecule has 0 aromatic heterocycles. The summed E-state index contributed by atoms with van der Waals surface area (Å²) in [7, 11) is 1.17. The predicted molar refractivity (Wildman–Crippen MR) is 176 cm³/mol. The van der Waals surface area contributed by atoms with Gasteiger partial charge >= 0.3 is 11.9 Å². The molecule has 1 aromatic rings. The third-order valence-corrected chi connectivity index (χ3v) is 8.04. The van der Waals surface area contributed by atoms with E-state index >= 15 is 0 Å². The van der Waals surface area contributed by atoms with Gasteiger partial charge in [0.2, 0.25) is 5.91 Å². The molecule has 0 heterocycles. The van der Waals surface area contributed by atoms with Gasteiger partial charge in [0.25, 0.3) is 0 Å². The van der Waals surface area contributed by atoms with Gasteiger partial charge in [0.15, 0.2) is 5.60 Å². The topological polar surface area (TPSA) is 139 Å². The Morgan fingerprint density at radius 3 is 2.09 bits per heavy atom. The first-order chi connectivity index (χ1) is 22.1. The van der Waals surface area contributed by atoms with Gasteiger partial charge < -0.3 is 25.0 Å². The lowest BCUT2D eigenvalue weighted by Crippen LogP contribution is -2.55. The van der Waals surface area contributed by atoms with Crippen LogP contribution in [0.25, 0.3) is 0 Å². The van der Waals surface area contributed by atoms with Crippen molar-refractivity contribution >= 4 is 23.6 Å². The van der Waals surface area contributed by atoms with E-state index in [0.717, 1.165) is 51.4 Å². The SMILES string of the molecule is CCCCCCCC(=O)CCCCCCC=C[C@H](C(=O)N[C@@H](Cc1ccc(OCCCC)cc1)C(=O)OC)[C@@](O)(CCF)C(=O)O. The fourth-order valence-corrected chi connectivity index (χ4v) is 5.11. The lowest BCUT2D eigenvalue weighted by molar-refractivity contribution is -0.168. The highest BCUT2D eigenvalue weighted by Crippen LogP contribution is 2.26. The fraction of sp³-hybridized carbons (Fsp3) is 0.667. The molecule has 0 radical (unpaired) electrons. The second-order valence-corrected chi connectivity index (χ2v) is 11.9. The van der Waals surface area contributed by atoms with E-state index in [-0.39, 0.29) is 6.42 Å². The maximum atomic E-state index is 13.4. The number of benzene rings is 1. The average molecular weight is 650 g/mol. The number of esters is 1. The zero-order chi connectivity index (χ0) is 34.2. The Bertz CT molecular complexity index is 1060. The van der Waals surface area contributed by atoms with Crippen molar-refractivity contribution in [1.29, 1.82) is 0 Å². The summed E-state index contributed by atoms with van der Waals surface area (Å²) in [6.45, 7) is 3.64. The van der Waals surface area contributed by atoms with Gasteiger partial charge in [0.05, 0.1) is 26.3 Å². The summed E-state index contributed by atoms with van der Waals surface area (Å²) in [6.07, 6.45) is 14.6. The molecule has 9 nitrogen and oxygen atoms in total. The molecule has 0 aliphatic rings. The van der Waals surface area contributed by atoms with Crippen LogP contribution in [0.1, 0.15) is 116 Å². The number of allylic oxidation sites excluding steroid dienone is 1. The number of ketones is 1. The number of methoxy groups -OCH3 is 1. The summed E-state index contributed by atoms with van der Waals surface area (Å²) in [5.74, 6) is -4.11. The van der Waals surface area contributed by atoms with Crippen molar-refractivity contribution in [2.45, 2.75) is 128 Å². The first kappa shape index (κ1) is 40.8. The number of carbonyl (C=O) groups excluding carboxylic acids is 3. The highest BCUT2D eigenvalue weighted by molar-refractivity contribution is 5.92. The average Bonchev–Trinajstić information content (AvgIpc) is 3.04. The summed E-state index contributed by atoms with van der Waals surface area (Å²) in [5, 5.41) is 23.3. The highest BCUT2D eigenvalue weighted by Gasteiger charge is 2.47. The van der Waals surface area contributed by atoms with Crippen LogP contribution in [0.5, 0.6) is 5.75 Å². The van der Waals surface area contributed by atoms with Gasteiger partial charge in [-0.25, -0.2) is 9.59 Å². The first-order valence-electron chi connectivity index (χ1n) is 16.9. The number of aliphatic hydroxyl groups is 1. The minimum Gasteiger partial charge on any atom is -0.494 e. The van der Waals surface area contributed by atoms with Crippen LogP contribution in [0, 0.1) is 5.92 Å². The molecule has 0 bridgehead atoms. The Hall–Kier alpha value is -3.27. The lowest BCUT2D eigenvalue weighted by Gasteiger charge is -2.30. The molecule has 260 valence electrons. The number of rotatable bonds is 27. The molecule has 1 aromatic carbocycles. The highest BCUT2D eigenvalue weighted by atomic mass is 19.1. The molecule has 1 amide bonds. The van der Waals surface area contributed by atoms with E-state index in [2.05, 4.69) is 19.2 Å². The minimum absolute atomic E-state index is 0.0417. The quantitative estimate of drug-likeness (QED) is 0.0545. The van der Waals surface area contributed by atoms with Crippen molar-refractivity contribution in [2.24, 2.45) is 5.92 Å². The van der Waals surface area contributed by atoms with Gasteiger partial charge in [-0.15, -0.1) is 0 Å². The summed E-state index contributed by atoms with van der Waals surface area (Å²) in [5.41, 5.74) is -2.03. The van der Waals surface area contributed by atoms with Crippen molar-refractivity contribution in [3.05, 3.63) is 42.0 Å². The Kier molecular flexibility index (Phi) is 21.2. The number of carboxylic acids is 1. The van der Waals surface area contributed by atoms with Gasteiger partial charge in [0, 0.05) is 25.7 Å². The monoisotopic (exact) mass is 649 g/mol. The normalized spacial score (nSPS) is 13.9. The van der Waals surface area contributed by atoms with Crippen LogP contribution < -0.4 is 10.1 Å². The molecule has 0 saturated carbocycles. The number of alkyl halides is 1. The Morgan fingerprint density at radius 1 is 0.913 bits per heavy atom. The molecular formula is C36H56FNO8. The summed E-state index contributed by atoms with van der Waals surface area (Å²) in [4.78, 5) is 50.2. The molecule has 0 unspecified atom stereocenters. The Balaban J connectivity index is 2.81. The van der Waals surface area contributed by atoms with Crippen LogP contribution >= 0.6 is 0 Å². The van der Waals surface area contributed by atoms with E-state index in [9.17, 15) is 33.8 Å². The molecule has 0 aliphatic heterocycles. The van der Waals surface area contributed by atoms with Crippen LogP contribution in [0.3, 0.4) is 0 Å². The molecule has 0 spiro atoms.